The van der Waals surface area contributed by atoms with Crippen LogP contribution >= 0.6 is 0 Å². The van der Waals surface area contributed by atoms with Crippen LogP contribution in [0, 0.1) is 51.7 Å². The van der Waals surface area contributed by atoms with Crippen molar-refractivity contribution in [2.45, 2.75) is 91.2 Å². The molecule has 29 nitrogen and oxygen atoms in total. The summed E-state index contributed by atoms with van der Waals surface area (Å²) in [6.07, 6.45) is 23.5. The van der Waals surface area contributed by atoms with Gasteiger partial charge in [0.25, 0.3) is 0 Å². The zero-order valence-corrected chi connectivity index (χ0v) is 57.5. The molecule has 11 N–H and O–H groups in total. The van der Waals surface area contributed by atoms with E-state index in [1.165, 1.54) is 42.7 Å². The largest absolute Gasteiger partial charge is 0.394 e. The molecule has 0 aliphatic heterocycles. The Hall–Kier alpha value is -11.2. The molecule has 1 aromatic carbocycles. The molecule has 11 heterocycles. The highest BCUT2D eigenvalue weighted by Crippen LogP contribution is 2.42. The topological polar surface area (TPSA) is 447 Å². The number of aromatic amines is 3. The van der Waals surface area contributed by atoms with Gasteiger partial charge in [0.05, 0.1) is 117 Å². The predicted octanol–water partition coefficient (Wildman–Crippen LogP) is 7.59. The van der Waals surface area contributed by atoms with E-state index in [0.29, 0.717) is 64.0 Å². The maximum absolute atomic E-state index is 12.8. The lowest BCUT2D eigenvalue weighted by atomic mass is 9.81. The summed E-state index contributed by atoms with van der Waals surface area (Å²) in [5.41, 5.74) is 22.3. The van der Waals surface area contributed by atoms with Crippen LogP contribution in [0.2, 0.25) is 0 Å². The molecule has 522 valence electrons. The fraction of sp³-hybridized carbons (Fsp3) is 0.300. The Labute approximate surface area is 586 Å². The number of aromatic nitrogens is 14. The number of hydrogen-bond donors (Lipinski definition) is 9. The summed E-state index contributed by atoms with van der Waals surface area (Å²) in [5, 5.41) is 63.7. The van der Waals surface area contributed by atoms with Crippen LogP contribution in [0.5, 0.6) is 0 Å². The number of pyridine rings is 5. The number of aliphatic hydroxyl groups is 1. The van der Waals surface area contributed by atoms with E-state index in [1.807, 2.05) is 96.5 Å². The number of nitrogens with two attached hydrogens (primary N) is 2. The van der Waals surface area contributed by atoms with Gasteiger partial charge in [-0.05, 0) is 135 Å². The normalized spacial score (nSPS) is 17.9. The molecule has 0 amide bonds. The molecule has 15 rings (SSSR count). The number of fused-ring (bicyclic) bond motifs is 3. The van der Waals surface area contributed by atoms with Crippen molar-refractivity contribution in [2.75, 3.05) is 52.9 Å². The minimum absolute atomic E-state index is 0.00138. The van der Waals surface area contributed by atoms with Gasteiger partial charge in [0.15, 0.2) is 39.6 Å². The van der Waals surface area contributed by atoms with Gasteiger partial charge >= 0.3 is 0 Å². The van der Waals surface area contributed by atoms with Crippen LogP contribution in [0.4, 0.5) is 17.1 Å². The molecular weight excluding hydrogens is 1360 g/mol. The van der Waals surface area contributed by atoms with Gasteiger partial charge in [-0.1, -0.05) is 6.07 Å². The molecule has 3 aliphatic rings. The summed E-state index contributed by atoms with van der Waals surface area (Å²) in [4.78, 5) is 31.1. The van der Waals surface area contributed by atoms with Crippen LogP contribution < -0.4 is 27.4 Å². The molecule has 0 saturated heterocycles. The van der Waals surface area contributed by atoms with Gasteiger partial charge in [-0.25, -0.2) is 50.2 Å². The summed E-state index contributed by atoms with van der Waals surface area (Å²) < 4.78 is 82.1. The van der Waals surface area contributed by atoms with Crippen molar-refractivity contribution in [1.82, 2.24) is 69.2 Å². The van der Waals surface area contributed by atoms with Gasteiger partial charge in [0.1, 0.15) is 16.9 Å². The average Bonchev–Trinajstić information content (AvgIpc) is 1.47. The number of sulfone groups is 3. The number of aliphatic hydroxyl groups excluding tert-OH is 1. The Balaban J connectivity index is 0.000000137. The first-order chi connectivity index (χ1) is 49.4. The molecule has 3 aliphatic carbocycles. The monoisotopic (exact) mass is 1430 g/mol. The first-order valence-corrected chi connectivity index (χ1v) is 38.1. The summed E-state index contributed by atoms with van der Waals surface area (Å²) >= 11 is 0. The first kappa shape index (κ1) is 69.3. The minimum Gasteiger partial charge on any atom is -0.394 e. The first-order valence-electron chi connectivity index (χ1n) is 33.1. The van der Waals surface area contributed by atoms with Gasteiger partial charge in [-0.3, -0.25) is 14.0 Å². The number of hydrogen-bond acceptors (Lipinski definition) is 23. The third kappa shape index (κ3) is 15.4. The van der Waals surface area contributed by atoms with E-state index in [2.05, 4.69) is 71.1 Å². The standard InChI is InChI=1S/C24H25N7O2S.C23H24N8O2S.C23H23N7O3S/c25-6-9-31-8-5-22(30-31)21-14-28-24-20(4-7-27-24)23(21)29-18-10-17(11-18)15-34(32,33)19-3-1-2-16(12-19)13-26;24-4-8-31-7-3-20(30-31)19-13-28-23-18(2-6-27-23)22(19)29-17-9-16(10-17)14-34(32,33)21-11-15(12-25)1-5-26-21;24-12-15-1-4-25-21(11-15)34(32,33)14-16-9-17(10-16)28-22-18-2-5-26-23(18)27-13-19(22)20-3-6-30(29-20)7-8-31/h1-5,7-8,12,14,17-18H,6,9-11,15,25H2,(H2,27,28,29);1-3,5-7,11,13,16-17H,4,8-10,14,24H2,(H2,27,28,29);1-6,11,13,16-17,31H,7-10,14H2,(H2,26,27,28). The zero-order valence-electron chi connectivity index (χ0n) is 55.0. The van der Waals surface area contributed by atoms with Gasteiger partial charge in [-0.2, -0.15) is 31.1 Å². The number of rotatable bonds is 24. The fourth-order valence-electron chi connectivity index (χ4n) is 13.2. The predicted molar refractivity (Wildman–Crippen MR) is 383 cm³/mol. The number of nitrogens with zero attached hydrogens (tertiary/aromatic N) is 14. The lowest BCUT2D eigenvalue weighted by Gasteiger charge is -2.36. The van der Waals surface area contributed by atoms with Crippen molar-refractivity contribution in [1.29, 1.82) is 15.8 Å². The average molecular weight is 1430 g/mol. The second kappa shape index (κ2) is 29.9. The van der Waals surface area contributed by atoms with Crippen LogP contribution in [-0.4, -0.2) is 155 Å². The van der Waals surface area contributed by atoms with E-state index in [9.17, 15) is 30.4 Å². The molecule has 0 unspecified atom stereocenters. The van der Waals surface area contributed by atoms with Crippen molar-refractivity contribution in [3.05, 3.63) is 170 Å². The second-order valence-corrected chi connectivity index (χ2v) is 31.6. The Morgan fingerprint density at radius 1 is 0.471 bits per heavy atom. The van der Waals surface area contributed by atoms with Crippen LogP contribution in [0.25, 0.3) is 66.9 Å². The summed E-state index contributed by atoms with van der Waals surface area (Å²) in [5.74, 6) is 0.174. The number of anilines is 3. The molecule has 0 atom stereocenters. The van der Waals surface area contributed by atoms with Gasteiger partial charge in [0.2, 0.25) is 0 Å². The van der Waals surface area contributed by atoms with Crippen molar-refractivity contribution >= 4 is 79.7 Å². The Morgan fingerprint density at radius 3 is 1.20 bits per heavy atom. The Bertz CT molecular complexity index is 4970. The van der Waals surface area contributed by atoms with E-state index >= 15 is 0 Å². The van der Waals surface area contributed by atoms with E-state index in [-0.39, 0.29) is 85.8 Å². The summed E-state index contributed by atoms with van der Waals surface area (Å²) in [6.45, 7) is 2.70. The molecule has 3 fully saturated rings. The van der Waals surface area contributed by atoms with Crippen molar-refractivity contribution in [3.63, 3.8) is 0 Å². The van der Waals surface area contributed by atoms with E-state index in [4.69, 9.17) is 27.3 Å². The van der Waals surface area contributed by atoms with Gasteiger partial charge < -0.3 is 47.5 Å². The number of benzene rings is 1. The Morgan fingerprint density at radius 2 is 0.833 bits per heavy atom. The smallest absolute Gasteiger partial charge is 0.195 e. The van der Waals surface area contributed by atoms with E-state index < -0.39 is 29.5 Å². The number of nitrogens with one attached hydrogen (secondary N) is 6. The van der Waals surface area contributed by atoms with Crippen LogP contribution in [-0.2, 0) is 49.1 Å². The van der Waals surface area contributed by atoms with Crippen LogP contribution in [0.1, 0.15) is 55.2 Å². The van der Waals surface area contributed by atoms with Crippen LogP contribution in [0.15, 0.2) is 168 Å². The maximum Gasteiger partial charge on any atom is 0.195 e. The summed E-state index contributed by atoms with van der Waals surface area (Å²) in [7, 11) is -10.6. The molecule has 11 aromatic heterocycles. The van der Waals surface area contributed by atoms with Crippen molar-refractivity contribution < 1.29 is 30.4 Å². The molecule has 32 heteroatoms. The van der Waals surface area contributed by atoms with Crippen molar-refractivity contribution in [2.24, 2.45) is 29.2 Å². The van der Waals surface area contributed by atoms with Crippen molar-refractivity contribution in [3.8, 4) is 52.0 Å². The highest BCUT2D eigenvalue weighted by atomic mass is 32.2. The molecule has 102 heavy (non-hydrogen) atoms. The lowest BCUT2D eigenvalue weighted by molar-refractivity contribution is 0.269. The highest BCUT2D eigenvalue weighted by molar-refractivity contribution is 7.92. The number of H-pyrrole nitrogens is 3. The van der Waals surface area contributed by atoms with Gasteiger partial charge in [-0.15, -0.1) is 0 Å². The molecule has 0 bridgehead atoms. The molecule has 12 aromatic rings. The van der Waals surface area contributed by atoms with E-state index in [1.54, 1.807) is 46.2 Å². The lowest BCUT2D eigenvalue weighted by Crippen LogP contribution is -2.39. The summed E-state index contributed by atoms with van der Waals surface area (Å²) in [6, 6.07) is 29.8. The third-order valence-electron chi connectivity index (χ3n) is 18.4. The SMILES string of the molecule is N#Cc1cccc(S(=O)(=O)CC2CC(Nc3c(-c4ccn(CCN)n4)cnc4[nH]ccc34)C2)c1.N#Cc1ccnc(S(=O)(=O)CC2CC(Nc3c(-c4ccn(CCN)n4)cnc4[nH]ccc34)C2)c1.N#Cc1ccnc(S(=O)(=O)CC2CC(Nc3c(-c4ccn(CCO)n4)cnc4[nH]ccc34)C2)c1. The molecule has 3 saturated carbocycles. The maximum atomic E-state index is 12.8. The quantitative estimate of drug-likeness (QED) is 0.0281. The van der Waals surface area contributed by atoms with Crippen LogP contribution in [0.3, 0.4) is 0 Å². The molecule has 0 spiro atoms. The molecular formula is C70H72N22O7S3. The fourth-order valence-corrected chi connectivity index (χ4v) is 18.0. The van der Waals surface area contributed by atoms with Gasteiger partial charge in [0, 0.05) is 132 Å². The third-order valence-corrected chi connectivity index (χ3v) is 23.8. The molecule has 0 radical (unpaired) electrons. The number of nitriles is 3. The zero-order chi connectivity index (χ0) is 71.1. The highest BCUT2D eigenvalue weighted by Gasteiger charge is 2.38. The Kier molecular flexibility index (Phi) is 20.3. The minimum atomic E-state index is -3.57. The van der Waals surface area contributed by atoms with E-state index in [0.717, 1.165) is 96.8 Å². The second-order valence-electron chi connectivity index (χ2n) is 25.6.